The number of hydrogen-bond donors (Lipinski definition) is 1. The molecule has 4 nitrogen and oxygen atoms in total. The molecule has 0 radical (unpaired) electrons. The van der Waals surface area contributed by atoms with Crippen molar-refractivity contribution in [2.45, 2.75) is 77.0 Å². The Bertz CT molecular complexity index is 871. The molecule has 2 aromatic rings. The monoisotopic (exact) mass is 379 g/mol. The first-order valence-corrected chi connectivity index (χ1v) is 10.5. The van der Waals surface area contributed by atoms with Crippen LogP contribution in [0.15, 0.2) is 36.4 Å². The van der Waals surface area contributed by atoms with Gasteiger partial charge in [0.15, 0.2) is 0 Å². The van der Waals surface area contributed by atoms with Gasteiger partial charge in [-0.3, -0.25) is 4.79 Å². The molecule has 0 atom stereocenters. The van der Waals surface area contributed by atoms with Crippen molar-refractivity contribution in [3.8, 4) is 0 Å². The average Bonchev–Trinajstić information content (AvgIpc) is 2.88. The highest BCUT2D eigenvalue weighted by molar-refractivity contribution is 6.65. The fraction of sp³-hybridized carbons (Fsp3) is 0.522. The van der Waals surface area contributed by atoms with Gasteiger partial charge >= 0.3 is 7.12 Å². The summed E-state index contributed by atoms with van der Waals surface area (Å²) in [5.74, 6) is 0.0172. The highest BCUT2D eigenvalue weighted by atomic mass is 16.7. The highest BCUT2D eigenvalue weighted by Gasteiger charge is 2.52. The summed E-state index contributed by atoms with van der Waals surface area (Å²) in [6.07, 6.45) is 5.84. The average molecular weight is 379 g/mol. The van der Waals surface area contributed by atoms with Crippen LogP contribution < -0.4 is 10.8 Å². The molecule has 2 aromatic carbocycles. The maximum absolute atomic E-state index is 13.0. The quantitative estimate of drug-likeness (QED) is 0.813. The van der Waals surface area contributed by atoms with Crippen LogP contribution in [0.3, 0.4) is 0 Å². The molecule has 0 unspecified atom stereocenters. The smallest absolute Gasteiger partial charge is 0.399 e. The molecule has 1 saturated heterocycles. The molecule has 2 aliphatic rings. The Kier molecular flexibility index (Phi) is 5.01. The van der Waals surface area contributed by atoms with Crippen LogP contribution in [-0.2, 0) is 9.31 Å². The molecule has 5 heteroatoms. The van der Waals surface area contributed by atoms with Crippen LogP contribution in [0.1, 0.15) is 70.2 Å². The van der Waals surface area contributed by atoms with E-state index in [1.165, 1.54) is 19.3 Å². The van der Waals surface area contributed by atoms with E-state index in [-0.39, 0.29) is 5.91 Å². The van der Waals surface area contributed by atoms with Crippen LogP contribution in [0.25, 0.3) is 10.8 Å². The van der Waals surface area contributed by atoms with Crippen molar-refractivity contribution in [1.29, 1.82) is 0 Å². The summed E-state index contributed by atoms with van der Waals surface area (Å²) in [5, 5.41) is 5.20. The summed E-state index contributed by atoms with van der Waals surface area (Å²) < 4.78 is 12.5. The first kappa shape index (κ1) is 19.5. The predicted octanol–water partition coefficient (Wildman–Crippen LogP) is 4.20. The maximum atomic E-state index is 13.0. The maximum Gasteiger partial charge on any atom is 0.495 e. The Balaban J connectivity index is 1.67. The van der Waals surface area contributed by atoms with E-state index in [0.29, 0.717) is 6.04 Å². The minimum absolute atomic E-state index is 0.0172. The van der Waals surface area contributed by atoms with Crippen LogP contribution in [0.5, 0.6) is 0 Å². The zero-order chi connectivity index (χ0) is 19.9. The van der Waals surface area contributed by atoms with Crippen molar-refractivity contribution in [3.63, 3.8) is 0 Å². The second-order valence-electron chi connectivity index (χ2n) is 9.14. The molecule has 28 heavy (non-hydrogen) atoms. The first-order chi connectivity index (χ1) is 13.3. The topological polar surface area (TPSA) is 47.6 Å². The minimum atomic E-state index is -0.439. The molecule has 4 rings (SSSR count). The summed E-state index contributed by atoms with van der Waals surface area (Å²) in [6.45, 7) is 8.23. The van der Waals surface area contributed by atoms with Crippen molar-refractivity contribution in [2.75, 3.05) is 0 Å². The van der Waals surface area contributed by atoms with Gasteiger partial charge in [0.2, 0.25) is 0 Å². The lowest BCUT2D eigenvalue weighted by atomic mass is 9.75. The van der Waals surface area contributed by atoms with Gasteiger partial charge in [-0.1, -0.05) is 49.6 Å². The summed E-state index contributed by atoms with van der Waals surface area (Å²) in [5.41, 5.74) is 0.913. The Morgan fingerprint density at radius 1 is 0.929 bits per heavy atom. The number of hydrogen-bond acceptors (Lipinski definition) is 3. The normalized spacial score (nSPS) is 21.8. The van der Waals surface area contributed by atoms with E-state index in [1.807, 2.05) is 36.4 Å². The molecule has 1 N–H and O–H groups in total. The summed E-state index contributed by atoms with van der Waals surface area (Å²) >= 11 is 0. The van der Waals surface area contributed by atoms with Crippen LogP contribution >= 0.6 is 0 Å². The Morgan fingerprint density at radius 3 is 2.18 bits per heavy atom. The fourth-order valence-electron chi connectivity index (χ4n) is 4.21. The molecule has 1 amide bonds. The number of carbonyl (C=O) groups excluding carboxylic acids is 1. The van der Waals surface area contributed by atoms with E-state index in [0.717, 1.165) is 34.6 Å². The largest absolute Gasteiger partial charge is 0.495 e. The minimum Gasteiger partial charge on any atom is -0.399 e. The van der Waals surface area contributed by atoms with Gasteiger partial charge in [-0.25, -0.2) is 0 Å². The molecule has 2 fully saturated rings. The third-order valence-electron chi connectivity index (χ3n) is 6.65. The van der Waals surface area contributed by atoms with Crippen LogP contribution in [0.2, 0.25) is 0 Å². The van der Waals surface area contributed by atoms with Crippen molar-refractivity contribution in [2.24, 2.45) is 0 Å². The number of benzene rings is 2. The van der Waals surface area contributed by atoms with E-state index in [9.17, 15) is 4.79 Å². The van der Waals surface area contributed by atoms with E-state index >= 15 is 0 Å². The number of fused-ring (bicyclic) bond motifs is 1. The Labute approximate surface area is 168 Å². The molecule has 1 saturated carbocycles. The zero-order valence-corrected chi connectivity index (χ0v) is 17.4. The molecular weight excluding hydrogens is 349 g/mol. The SMILES string of the molecule is CC1(C)OB(c2ccc(C(=O)NC3CCCCC3)c3ccccc23)OC1(C)C. The fourth-order valence-corrected chi connectivity index (χ4v) is 4.21. The molecule has 1 heterocycles. The Hall–Kier alpha value is -1.85. The lowest BCUT2D eigenvalue weighted by molar-refractivity contribution is 0.00578. The van der Waals surface area contributed by atoms with Gasteiger partial charge in [0.1, 0.15) is 0 Å². The number of amides is 1. The van der Waals surface area contributed by atoms with Crippen LogP contribution in [-0.4, -0.2) is 30.3 Å². The van der Waals surface area contributed by atoms with Crippen molar-refractivity contribution in [3.05, 3.63) is 42.0 Å². The summed E-state index contributed by atoms with van der Waals surface area (Å²) in [7, 11) is -0.439. The first-order valence-electron chi connectivity index (χ1n) is 10.5. The second-order valence-corrected chi connectivity index (χ2v) is 9.14. The molecule has 1 aliphatic heterocycles. The number of rotatable bonds is 3. The summed E-state index contributed by atoms with van der Waals surface area (Å²) in [4.78, 5) is 13.0. The summed E-state index contributed by atoms with van der Waals surface area (Å²) in [6, 6.07) is 12.2. The van der Waals surface area contributed by atoms with Gasteiger partial charge in [0.25, 0.3) is 5.91 Å². The standard InChI is InChI=1S/C23H30BNO3/c1-22(2)23(3,4)28-24(27-22)20-15-14-19(17-12-8-9-13-18(17)20)21(26)25-16-10-6-5-7-11-16/h8-9,12-16H,5-7,10-11H2,1-4H3,(H,25,26). The van der Waals surface area contributed by atoms with Crippen molar-refractivity contribution < 1.29 is 14.1 Å². The molecule has 148 valence electrons. The highest BCUT2D eigenvalue weighted by Crippen LogP contribution is 2.37. The van der Waals surface area contributed by atoms with E-state index in [2.05, 4.69) is 33.0 Å². The molecule has 1 aliphatic carbocycles. The zero-order valence-electron chi connectivity index (χ0n) is 17.4. The van der Waals surface area contributed by atoms with Crippen molar-refractivity contribution in [1.82, 2.24) is 5.32 Å². The molecular formula is C23H30BNO3. The molecule has 0 aromatic heterocycles. The number of carbonyl (C=O) groups is 1. The van der Waals surface area contributed by atoms with E-state index in [4.69, 9.17) is 9.31 Å². The van der Waals surface area contributed by atoms with Gasteiger partial charge in [-0.15, -0.1) is 0 Å². The van der Waals surface area contributed by atoms with E-state index < -0.39 is 18.3 Å². The van der Waals surface area contributed by atoms with Gasteiger partial charge in [0, 0.05) is 11.6 Å². The van der Waals surface area contributed by atoms with Gasteiger partial charge in [0.05, 0.1) is 11.2 Å². The van der Waals surface area contributed by atoms with Gasteiger partial charge in [-0.2, -0.15) is 0 Å². The van der Waals surface area contributed by atoms with Crippen molar-refractivity contribution >= 4 is 29.3 Å². The van der Waals surface area contributed by atoms with Crippen LogP contribution in [0, 0.1) is 0 Å². The van der Waals surface area contributed by atoms with E-state index in [1.54, 1.807) is 0 Å². The second kappa shape index (κ2) is 7.20. The number of nitrogens with one attached hydrogen (secondary N) is 1. The molecule has 0 bridgehead atoms. The Morgan fingerprint density at radius 2 is 1.54 bits per heavy atom. The predicted molar refractivity (Wildman–Crippen MR) is 114 cm³/mol. The van der Waals surface area contributed by atoms with Crippen LogP contribution in [0.4, 0.5) is 0 Å². The lowest BCUT2D eigenvalue weighted by Crippen LogP contribution is -2.41. The van der Waals surface area contributed by atoms with Gasteiger partial charge in [-0.05, 0) is 62.8 Å². The third kappa shape index (κ3) is 3.46. The third-order valence-corrected chi connectivity index (χ3v) is 6.65. The van der Waals surface area contributed by atoms with Gasteiger partial charge < -0.3 is 14.6 Å². The molecule has 0 spiro atoms. The lowest BCUT2D eigenvalue weighted by Gasteiger charge is -2.32.